The summed E-state index contributed by atoms with van der Waals surface area (Å²) in [7, 11) is -0.376. The summed E-state index contributed by atoms with van der Waals surface area (Å²) in [5.74, 6) is 0.663. The van der Waals surface area contributed by atoms with E-state index in [1.54, 1.807) is 17.0 Å². The van der Waals surface area contributed by atoms with Gasteiger partial charge in [0.05, 0.1) is 6.54 Å². The normalized spacial score (nSPS) is 12.2. The number of aryl methyl sites for hydroxylation is 2. The molecule has 0 aromatic carbocycles. The van der Waals surface area contributed by atoms with Crippen LogP contribution in [0.15, 0.2) is 23.5 Å². The summed E-state index contributed by atoms with van der Waals surface area (Å²) in [5, 5.41) is 3.96. The van der Waals surface area contributed by atoms with E-state index in [1.165, 1.54) is 22.2 Å². The zero-order valence-corrected chi connectivity index (χ0v) is 12.5. The van der Waals surface area contributed by atoms with Crippen molar-refractivity contribution in [2.24, 2.45) is 7.05 Å². The molecule has 2 rings (SSSR count). The Morgan fingerprint density at radius 1 is 1.45 bits per heavy atom. The molecule has 2 aromatic heterocycles. The summed E-state index contributed by atoms with van der Waals surface area (Å²) in [4.78, 5) is 4.14. The van der Waals surface area contributed by atoms with Gasteiger partial charge in [-0.2, -0.15) is 9.40 Å². The van der Waals surface area contributed by atoms with Crippen molar-refractivity contribution in [1.29, 1.82) is 0 Å². The van der Waals surface area contributed by atoms with Crippen molar-refractivity contribution in [1.82, 2.24) is 23.6 Å². The second-order valence-corrected chi connectivity index (χ2v) is 6.46. The van der Waals surface area contributed by atoms with Crippen LogP contribution in [0, 0.1) is 0 Å². The summed E-state index contributed by atoms with van der Waals surface area (Å²) in [5.41, 5.74) is 5.69. The smallest absolute Gasteiger partial charge is 0.248 e. The van der Waals surface area contributed by atoms with Gasteiger partial charge in [-0.25, -0.2) is 13.4 Å². The first-order valence-electron chi connectivity index (χ1n) is 6.11. The first-order valence-corrected chi connectivity index (χ1v) is 7.55. The van der Waals surface area contributed by atoms with E-state index < -0.39 is 10.0 Å². The van der Waals surface area contributed by atoms with E-state index in [1.807, 2.05) is 14.0 Å². The van der Waals surface area contributed by atoms with Gasteiger partial charge < -0.3 is 10.3 Å². The largest absolute Gasteiger partial charge is 0.381 e. The molecule has 0 atom stereocenters. The monoisotopic (exact) mass is 298 g/mol. The molecule has 2 heterocycles. The highest BCUT2D eigenvalue weighted by molar-refractivity contribution is 7.89. The minimum Gasteiger partial charge on any atom is -0.381 e. The number of sulfonamides is 1. The summed E-state index contributed by atoms with van der Waals surface area (Å²) in [6.07, 6.45) is 4.83. The maximum Gasteiger partial charge on any atom is 0.248 e. The summed E-state index contributed by atoms with van der Waals surface area (Å²) in [6.45, 7) is 2.59. The molecule has 2 N–H and O–H groups in total. The Kier molecular flexibility index (Phi) is 3.82. The molecule has 0 aliphatic carbocycles. The molecule has 110 valence electrons. The van der Waals surface area contributed by atoms with E-state index in [2.05, 4.69) is 10.1 Å². The average Bonchev–Trinajstić information content (AvgIpc) is 2.96. The highest BCUT2D eigenvalue weighted by Crippen LogP contribution is 2.21. The quantitative estimate of drug-likeness (QED) is 0.840. The molecule has 0 saturated carbocycles. The third-order valence-electron chi connectivity index (χ3n) is 3.05. The lowest BCUT2D eigenvalue weighted by Gasteiger charge is -2.16. The lowest BCUT2D eigenvalue weighted by atomic mass is 10.6. The van der Waals surface area contributed by atoms with Crippen LogP contribution in [0.1, 0.15) is 12.7 Å². The molecule has 0 unspecified atom stereocenters. The maximum atomic E-state index is 12.5. The topological polar surface area (TPSA) is 99.0 Å². The minimum atomic E-state index is -3.68. The number of nitrogen functional groups attached to an aromatic ring is 1. The van der Waals surface area contributed by atoms with Crippen molar-refractivity contribution >= 4 is 15.8 Å². The van der Waals surface area contributed by atoms with Crippen molar-refractivity contribution in [3.8, 4) is 0 Å². The third-order valence-corrected chi connectivity index (χ3v) is 4.87. The van der Waals surface area contributed by atoms with Crippen LogP contribution in [-0.4, -0.2) is 39.1 Å². The Labute approximate surface area is 117 Å². The van der Waals surface area contributed by atoms with Gasteiger partial charge in [0.2, 0.25) is 10.0 Å². The zero-order valence-electron chi connectivity index (χ0n) is 11.7. The number of hydrogen-bond donors (Lipinski definition) is 1. The van der Waals surface area contributed by atoms with E-state index in [-0.39, 0.29) is 17.3 Å². The van der Waals surface area contributed by atoms with Crippen molar-refractivity contribution in [2.45, 2.75) is 24.9 Å². The molecule has 0 aliphatic rings. The summed E-state index contributed by atoms with van der Waals surface area (Å²) < 4.78 is 29.4. The van der Waals surface area contributed by atoms with Gasteiger partial charge in [-0.15, -0.1) is 0 Å². The molecule has 0 bridgehead atoms. The molecular formula is C11H18N6O2S. The van der Waals surface area contributed by atoms with Crippen LogP contribution in [-0.2, 0) is 30.2 Å². The molecule has 0 aliphatic heterocycles. The molecule has 0 spiro atoms. The number of nitrogens with zero attached hydrogens (tertiary/aromatic N) is 5. The Morgan fingerprint density at radius 3 is 2.65 bits per heavy atom. The van der Waals surface area contributed by atoms with E-state index >= 15 is 0 Å². The second-order valence-electron chi connectivity index (χ2n) is 4.45. The Morgan fingerprint density at radius 2 is 2.15 bits per heavy atom. The first kappa shape index (κ1) is 14.5. The highest BCUT2D eigenvalue weighted by Gasteiger charge is 2.26. The molecular weight excluding hydrogens is 280 g/mol. The molecule has 8 nitrogen and oxygen atoms in total. The third kappa shape index (κ3) is 2.54. The number of rotatable bonds is 5. The van der Waals surface area contributed by atoms with Gasteiger partial charge in [0.25, 0.3) is 0 Å². The van der Waals surface area contributed by atoms with Crippen LogP contribution < -0.4 is 5.73 Å². The van der Waals surface area contributed by atoms with Gasteiger partial charge in [0.15, 0.2) is 5.82 Å². The van der Waals surface area contributed by atoms with Crippen LogP contribution in [0.25, 0.3) is 0 Å². The number of hydrogen-bond acceptors (Lipinski definition) is 5. The summed E-state index contributed by atoms with van der Waals surface area (Å²) in [6, 6.07) is 0. The Bertz CT molecular complexity index is 702. The van der Waals surface area contributed by atoms with E-state index in [0.717, 1.165) is 0 Å². The predicted octanol–water partition coefficient (Wildman–Crippen LogP) is 0.0394. The SMILES string of the molecule is CCn1cc(S(=O)(=O)N(C)Cc2nccn2C)c(N)n1. The van der Waals surface area contributed by atoms with Crippen LogP contribution in [0.4, 0.5) is 5.82 Å². The highest BCUT2D eigenvalue weighted by atomic mass is 32.2. The molecule has 20 heavy (non-hydrogen) atoms. The first-order chi connectivity index (χ1) is 9.36. The lowest BCUT2D eigenvalue weighted by molar-refractivity contribution is 0.451. The Balaban J connectivity index is 2.29. The standard InChI is InChI=1S/C11H18N6O2S/c1-4-17-7-9(11(12)14-17)20(18,19)16(3)8-10-13-5-6-15(10)2/h5-7H,4,8H2,1-3H3,(H2,12,14). The molecule has 0 fully saturated rings. The molecule has 0 amide bonds. The summed E-state index contributed by atoms with van der Waals surface area (Å²) >= 11 is 0. The maximum absolute atomic E-state index is 12.5. The van der Waals surface area contributed by atoms with Gasteiger partial charge in [0, 0.05) is 39.2 Å². The molecule has 2 aromatic rings. The van der Waals surface area contributed by atoms with Crippen LogP contribution in [0.2, 0.25) is 0 Å². The van der Waals surface area contributed by atoms with Gasteiger partial charge in [-0.3, -0.25) is 4.68 Å². The van der Waals surface area contributed by atoms with Crippen LogP contribution in [0.3, 0.4) is 0 Å². The van der Waals surface area contributed by atoms with Crippen LogP contribution in [0.5, 0.6) is 0 Å². The molecule has 9 heteroatoms. The average molecular weight is 298 g/mol. The van der Waals surface area contributed by atoms with Gasteiger partial charge >= 0.3 is 0 Å². The Hall–Kier alpha value is -1.87. The van der Waals surface area contributed by atoms with Gasteiger partial charge in [-0.05, 0) is 6.92 Å². The minimum absolute atomic E-state index is 0.0125. The fraction of sp³-hybridized carbons (Fsp3) is 0.455. The molecule has 0 radical (unpaired) electrons. The number of anilines is 1. The number of nitrogens with two attached hydrogens (primary N) is 1. The van der Waals surface area contributed by atoms with E-state index in [0.29, 0.717) is 12.4 Å². The fourth-order valence-electron chi connectivity index (χ4n) is 1.78. The van der Waals surface area contributed by atoms with E-state index in [4.69, 9.17) is 5.73 Å². The van der Waals surface area contributed by atoms with Gasteiger partial charge in [0.1, 0.15) is 10.7 Å². The van der Waals surface area contributed by atoms with Crippen molar-refractivity contribution < 1.29 is 8.42 Å². The molecule has 0 saturated heterocycles. The van der Waals surface area contributed by atoms with Crippen molar-refractivity contribution in [2.75, 3.05) is 12.8 Å². The fourth-order valence-corrected chi connectivity index (χ4v) is 2.96. The van der Waals surface area contributed by atoms with Gasteiger partial charge in [-0.1, -0.05) is 0 Å². The predicted molar refractivity (Wildman–Crippen MR) is 74.2 cm³/mol. The van der Waals surface area contributed by atoms with Crippen molar-refractivity contribution in [3.05, 3.63) is 24.4 Å². The number of aromatic nitrogens is 4. The van der Waals surface area contributed by atoms with Crippen LogP contribution >= 0.6 is 0 Å². The van der Waals surface area contributed by atoms with E-state index in [9.17, 15) is 8.42 Å². The van der Waals surface area contributed by atoms with Crippen molar-refractivity contribution in [3.63, 3.8) is 0 Å². The zero-order chi connectivity index (χ0) is 14.9. The second kappa shape index (κ2) is 5.25. The lowest BCUT2D eigenvalue weighted by Crippen LogP contribution is -2.28. The number of imidazole rings is 1.